The van der Waals surface area contributed by atoms with Gasteiger partial charge in [0, 0.05) is 26.2 Å². The van der Waals surface area contributed by atoms with E-state index in [1.54, 1.807) is 18.9 Å². The number of nitrogens with zero attached hydrogens (tertiary/aromatic N) is 4. The maximum Gasteiger partial charge on any atom is 0.274 e. The van der Waals surface area contributed by atoms with Crippen molar-refractivity contribution in [1.29, 1.82) is 0 Å². The summed E-state index contributed by atoms with van der Waals surface area (Å²) in [4.78, 5) is 16.4. The molecule has 1 aliphatic rings. The number of aryl methyl sites for hydroxylation is 2. The third-order valence-electron chi connectivity index (χ3n) is 3.70. The standard InChI is InChI=1S/C13H23N5O2/c1-8-11(14)12(17(4)15-8)13(20)18-7-10(19)5-9(18)6-16(2)3/h9-10,19H,5-7,14H2,1-4H3. The van der Waals surface area contributed by atoms with Crippen molar-refractivity contribution in [3.8, 4) is 0 Å². The Hall–Kier alpha value is -1.60. The van der Waals surface area contributed by atoms with Crippen molar-refractivity contribution < 1.29 is 9.90 Å². The molecule has 2 unspecified atom stereocenters. The minimum Gasteiger partial charge on any atom is -0.395 e. The molecule has 1 aromatic heterocycles. The number of nitrogen functional groups attached to an aromatic ring is 1. The van der Waals surface area contributed by atoms with Crippen LogP contribution in [0.2, 0.25) is 0 Å². The fourth-order valence-electron chi connectivity index (χ4n) is 2.80. The Morgan fingerprint density at radius 3 is 2.70 bits per heavy atom. The van der Waals surface area contributed by atoms with Crippen molar-refractivity contribution in [2.75, 3.05) is 32.9 Å². The van der Waals surface area contributed by atoms with Crippen LogP contribution in [0.3, 0.4) is 0 Å². The lowest BCUT2D eigenvalue weighted by molar-refractivity contribution is 0.0689. The topological polar surface area (TPSA) is 87.6 Å². The molecule has 7 nitrogen and oxygen atoms in total. The number of β-amino-alcohol motifs (C(OH)–C–C–N with tert-alkyl or cyclic N) is 1. The van der Waals surface area contributed by atoms with Gasteiger partial charge in [-0.2, -0.15) is 5.10 Å². The van der Waals surface area contributed by atoms with Crippen LogP contribution >= 0.6 is 0 Å². The van der Waals surface area contributed by atoms with Crippen LogP contribution in [0.25, 0.3) is 0 Å². The molecule has 1 aromatic rings. The van der Waals surface area contributed by atoms with E-state index in [1.165, 1.54) is 4.68 Å². The largest absolute Gasteiger partial charge is 0.395 e. The number of aliphatic hydroxyl groups excluding tert-OH is 1. The lowest BCUT2D eigenvalue weighted by atomic mass is 10.2. The van der Waals surface area contributed by atoms with Gasteiger partial charge in [-0.25, -0.2) is 0 Å². The number of anilines is 1. The zero-order chi connectivity index (χ0) is 15.0. The normalized spacial score (nSPS) is 22.8. The first-order valence-corrected chi connectivity index (χ1v) is 6.74. The number of amides is 1. The summed E-state index contributed by atoms with van der Waals surface area (Å²) in [6.45, 7) is 2.85. The number of carbonyl (C=O) groups excluding carboxylic acids is 1. The smallest absolute Gasteiger partial charge is 0.274 e. The molecule has 0 radical (unpaired) electrons. The fourth-order valence-corrected chi connectivity index (χ4v) is 2.80. The van der Waals surface area contributed by atoms with E-state index in [0.29, 0.717) is 30.0 Å². The minimum atomic E-state index is -0.473. The number of likely N-dealkylation sites (tertiary alicyclic amines) is 1. The number of hydrogen-bond donors (Lipinski definition) is 2. The zero-order valence-electron chi connectivity index (χ0n) is 12.5. The van der Waals surface area contributed by atoms with Gasteiger partial charge in [-0.1, -0.05) is 0 Å². The van der Waals surface area contributed by atoms with Crippen molar-refractivity contribution in [3.63, 3.8) is 0 Å². The summed E-state index contributed by atoms with van der Waals surface area (Å²) in [5.74, 6) is -0.158. The second-order valence-corrected chi connectivity index (χ2v) is 5.73. The van der Waals surface area contributed by atoms with E-state index in [1.807, 2.05) is 19.0 Å². The summed E-state index contributed by atoms with van der Waals surface area (Å²) >= 11 is 0. The quantitative estimate of drug-likeness (QED) is 0.776. The molecule has 0 bridgehead atoms. The van der Waals surface area contributed by atoms with Crippen LogP contribution in [0, 0.1) is 6.92 Å². The van der Waals surface area contributed by atoms with Crippen molar-refractivity contribution in [2.45, 2.75) is 25.5 Å². The molecule has 1 fully saturated rings. The van der Waals surface area contributed by atoms with Gasteiger partial charge in [0.25, 0.3) is 5.91 Å². The number of aliphatic hydroxyl groups is 1. The van der Waals surface area contributed by atoms with Crippen LogP contribution in [-0.2, 0) is 7.05 Å². The Bertz CT molecular complexity index is 511. The number of hydrogen-bond acceptors (Lipinski definition) is 5. The van der Waals surface area contributed by atoms with Gasteiger partial charge < -0.3 is 20.6 Å². The van der Waals surface area contributed by atoms with Gasteiger partial charge >= 0.3 is 0 Å². The van der Waals surface area contributed by atoms with Crippen LogP contribution in [-0.4, -0.2) is 69.9 Å². The average Bonchev–Trinajstić information content (AvgIpc) is 2.79. The minimum absolute atomic E-state index is 0.00195. The molecule has 2 atom stereocenters. The Labute approximate surface area is 118 Å². The van der Waals surface area contributed by atoms with Crippen molar-refractivity contribution in [3.05, 3.63) is 11.4 Å². The zero-order valence-corrected chi connectivity index (χ0v) is 12.5. The van der Waals surface area contributed by atoms with Crippen molar-refractivity contribution in [1.82, 2.24) is 19.6 Å². The Morgan fingerprint density at radius 1 is 1.55 bits per heavy atom. The molecule has 7 heteroatoms. The molecule has 0 aromatic carbocycles. The van der Waals surface area contributed by atoms with Crippen molar-refractivity contribution >= 4 is 11.6 Å². The third-order valence-corrected chi connectivity index (χ3v) is 3.70. The van der Waals surface area contributed by atoms with Crippen molar-refractivity contribution in [2.24, 2.45) is 7.05 Å². The summed E-state index contributed by atoms with van der Waals surface area (Å²) < 4.78 is 1.52. The Balaban J connectivity index is 2.27. The highest BCUT2D eigenvalue weighted by Gasteiger charge is 2.36. The lowest BCUT2D eigenvalue weighted by Crippen LogP contribution is -2.42. The molecule has 20 heavy (non-hydrogen) atoms. The first-order valence-electron chi connectivity index (χ1n) is 6.74. The Morgan fingerprint density at radius 2 is 2.20 bits per heavy atom. The first-order chi connectivity index (χ1) is 9.31. The summed E-state index contributed by atoms with van der Waals surface area (Å²) in [6.07, 6.45) is 0.125. The van der Waals surface area contributed by atoms with E-state index in [4.69, 9.17) is 5.73 Å². The van der Waals surface area contributed by atoms with Crippen LogP contribution in [0.4, 0.5) is 5.69 Å². The second kappa shape index (κ2) is 5.41. The monoisotopic (exact) mass is 281 g/mol. The second-order valence-electron chi connectivity index (χ2n) is 5.73. The van der Waals surface area contributed by atoms with E-state index in [-0.39, 0.29) is 11.9 Å². The molecule has 3 N–H and O–H groups in total. The van der Waals surface area contributed by atoms with Gasteiger partial charge in [-0.3, -0.25) is 9.48 Å². The maximum atomic E-state index is 12.7. The number of aromatic nitrogens is 2. The highest BCUT2D eigenvalue weighted by atomic mass is 16.3. The van der Waals surface area contributed by atoms with E-state index < -0.39 is 6.10 Å². The highest BCUT2D eigenvalue weighted by molar-refractivity contribution is 5.98. The van der Waals surface area contributed by atoms with E-state index in [9.17, 15) is 9.90 Å². The molecule has 2 rings (SSSR count). The van der Waals surface area contributed by atoms with Crippen LogP contribution in [0.5, 0.6) is 0 Å². The fraction of sp³-hybridized carbons (Fsp3) is 0.692. The summed E-state index contributed by atoms with van der Waals surface area (Å²) in [6, 6.07) is 0.00195. The molecule has 1 aliphatic heterocycles. The van der Waals surface area contributed by atoms with E-state index in [0.717, 1.165) is 6.54 Å². The summed E-state index contributed by atoms with van der Waals surface area (Å²) in [5.41, 5.74) is 7.42. The number of nitrogens with two attached hydrogens (primary N) is 1. The average molecular weight is 281 g/mol. The molecule has 1 saturated heterocycles. The first kappa shape index (κ1) is 14.8. The number of likely N-dealkylation sites (N-methyl/N-ethyl adjacent to an activating group) is 1. The van der Waals surface area contributed by atoms with Gasteiger partial charge in [-0.15, -0.1) is 0 Å². The molecular formula is C13H23N5O2. The lowest BCUT2D eigenvalue weighted by Gasteiger charge is -2.26. The van der Waals surface area contributed by atoms with Gasteiger partial charge in [0.2, 0.25) is 0 Å². The van der Waals surface area contributed by atoms with Gasteiger partial charge in [-0.05, 0) is 27.4 Å². The summed E-state index contributed by atoms with van der Waals surface area (Å²) in [7, 11) is 5.62. The predicted octanol–water partition coefficient (Wildman–Crippen LogP) is -0.552. The van der Waals surface area contributed by atoms with Crippen LogP contribution in [0.15, 0.2) is 0 Å². The Kier molecular flexibility index (Phi) is 4.01. The molecular weight excluding hydrogens is 258 g/mol. The van der Waals surface area contributed by atoms with Crippen LogP contribution in [0.1, 0.15) is 22.6 Å². The van der Waals surface area contributed by atoms with E-state index >= 15 is 0 Å². The van der Waals surface area contributed by atoms with Gasteiger partial charge in [0.1, 0.15) is 5.69 Å². The number of rotatable bonds is 3. The molecule has 2 heterocycles. The van der Waals surface area contributed by atoms with Gasteiger partial charge in [0.15, 0.2) is 0 Å². The molecule has 0 aliphatic carbocycles. The number of carbonyl (C=O) groups is 1. The van der Waals surface area contributed by atoms with E-state index in [2.05, 4.69) is 5.10 Å². The third kappa shape index (κ3) is 2.64. The molecule has 0 spiro atoms. The maximum absolute atomic E-state index is 12.7. The molecule has 1 amide bonds. The predicted molar refractivity (Wildman–Crippen MR) is 76.4 cm³/mol. The SMILES string of the molecule is Cc1nn(C)c(C(=O)N2CC(O)CC2CN(C)C)c1N. The highest BCUT2D eigenvalue weighted by Crippen LogP contribution is 2.24. The van der Waals surface area contributed by atoms with Gasteiger partial charge in [0.05, 0.1) is 17.5 Å². The summed E-state index contributed by atoms with van der Waals surface area (Å²) in [5, 5.41) is 14.0. The van der Waals surface area contributed by atoms with Crippen LogP contribution < -0.4 is 5.73 Å². The molecule has 112 valence electrons. The molecule has 0 saturated carbocycles.